The van der Waals surface area contributed by atoms with E-state index in [1.165, 1.54) is 12.1 Å². The second-order valence-electron chi connectivity index (χ2n) is 16.0. The Morgan fingerprint density at radius 2 is 1.02 bits per heavy atom. The van der Waals surface area contributed by atoms with Crippen LogP contribution in [0.1, 0.15) is 63.8 Å². The zero-order valence-electron chi connectivity index (χ0n) is 30.9. The van der Waals surface area contributed by atoms with Crippen LogP contribution in [-0.2, 0) is 17.0 Å². The van der Waals surface area contributed by atoms with Gasteiger partial charge < -0.3 is 9.13 Å². The number of halogens is 3. The molecule has 54 heavy (non-hydrogen) atoms. The van der Waals surface area contributed by atoms with Gasteiger partial charge in [-0.15, -0.1) is 0 Å². The van der Waals surface area contributed by atoms with Crippen molar-refractivity contribution in [2.45, 2.75) is 58.5 Å². The number of hydrogen-bond donors (Lipinski definition) is 0. The summed E-state index contributed by atoms with van der Waals surface area (Å²) < 4.78 is 49.8. The molecule has 8 aromatic rings. The van der Waals surface area contributed by atoms with E-state index in [2.05, 4.69) is 76.7 Å². The highest BCUT2D eigenvalue weighted by molar-refractivity contribution is 6.12. The number of alkyl halides is 3. The van der Waals surface area contributed by atoms with Crippen molar-refractivity contribution in [2.24, 2.45) is 0 Å². The molecule has 8 rings (SSSR count). The van der Waals surface area contributed by atoms with Gasteiger partial charge in [0.2, 0.25) is 0 Å². The molecule has 2 heterocycles. The second-order valence-corrected chi connectivity index (χ2v) is 16.0. The van der Waals surface area contributed by atoms with Crippen molar-refractivity contribution in [3.05, 3.63) is 149 Å². The van der Waals surface area contributed by atoms with Crippen LogP contribution in [0.2, 0.25) is 0 Å². The first kappa shape index (κ1) is 34.8. The number of fused-ring (bicyclic) bond motifs is 6. The van der Waals surface area contributed by atoms with Crippen molar-refractivity contribution in [1.82, 2.24) is 9.13 Å². The summed E-state index contributed by atoms with van der Waals surface area (Å²) in [7, 11) is 0. The van der Waals surface area contributed by atoms with E-state index in [0.29, 0.717) is 11.4 Å². The van der Waals surface area contributed by atoms with E-state index in [9.17, 15) is 5.26 Å². The summed E-state index contributed by atoms with van der Waals surface area (Å²) in [4.78, 5) is 3.70. The molecule has 2 aromatic heterocycles. The van der Waals surface area contributed by atoms with Gasteiger partial charge in [0.25, 0.3) is 0 Å². The minimum Gasteiger partial charge on any atom is -0.309 e. The van der Waals surface area contributed by atoms with Crippen LogP contribution < -0.4 is 0 Å². The minimum absolute atomic E-state index is 0.136. The van der Waals surface area contributed by atoms with Crippen molar-refractivity contribution < 1.29 is 13.2 Å². The van der Waals surface area contributed by atoms with E-state index >= 15 is 13.2 Å². The van der Waals surface area contributed by atoms with Crippen molar-refractivity contribution in [2.75, 3.05) is 0 Å². The Bertz CT molecular complexity index is 2760. The van der Waals surface area contributed by atoms with E-state index in [1.807, 2.05) is 69.8 Å². The first-order valence-corrected chi connectivity index (χ1v) is 17.9. The lowest BCUT2D eigenvalue weighted by Gasteiger charge is -2.24. The lowest BCUT2D eigenvalue weighted by atomic mass is 9.86. The molecule has 0 N–H and O–H groups in total. The van der Waals surface area contributed by atoms with Gasteiger partial charge in [-0.25, -0.2) is 4.85 Å². The van der Waals surface area contributed by atoms with Crippen LogP contribution in [0.5, 0.6) is 0 Å². The molecular formula is C47H37F3N4. The number of hydrogen-bond acceptors (Lipinski definition) is 1. The Morgan fingerprint density at radius 3 is 1.44 bits per heavy atom. The molecule has 0 saturated heterocycles. The van der Waals surface area contributed by atoms with Crippen molar-refractivity contribution in [1.29, 1.82) is 5.26 Å². The molecule has 0 fully saturated rings. The molecule has 0 radical (unpaired) electrons. The normalized spacial score (nSPS) is 12.5. The average Bonchev–Trinajstić information content (AvgIpc) is 3.65. The van der Waals surface area contributed by atoms with Crippen LogP contribution in [0.15, 0.2) is 115 Å². The van der Waals surface area contributed by atoms with Crippen molar-refractivity contribution >= 4 is 49.3 Å². The topological polar surface area (TPSA) is 38.0 Å². The predicted octanol–water partition coefficient (Wildman–Crippen LogP) is 13.6. The smallest absolute Gasteiger partial charge is 0.309 e. The summed E-state index contributed by atoms with van der Waals surface area (Å²) in [5.74, 6) is 0. The van der Waals surface area contributed by atoms with Gasteiger partial charge in [-0.1, -0.05) is 108 Å². The van der Waals surface area contributed by atoms with Gasteiger partial charge in [-0.05, 0) is 70.5 Å². The largest absolute Gasteiger partial charge is 0.415 e. The van der Waals surface area contributed by atoms with Gasteiger partial charge in [0, 0.05) is 32.7 Å². The SMILES string of the molecule is [C-]#[N+]c1cccc(C(F)(F)F)c1-c1c(-n2c3ccccc3c3cc(C(C)(C)C)ccc32)cc(C#N)cc1-n1c2ccccc2c2cc(C(C)(C)C)ccc21. The number of aromatic nitrogens is 2. The molecule has 0 amide bonds. The Hall–Kier alpha value is -6.31. The Morgan fingerprint density at radius 1 is 0.556 bits per heavy atom. The standard InChI is InChI=1S/C47H37F3N4/c1-45(2,3)29-19-21-39-33(25-29)31-13-8-10-17-37(31)53(39)41-23-28(27-51)24-42(44(41)43-35(47(48,49)50)15-12-16-36(43)52-7)54-38-18-11-9-14-32(38)34-26-30(46(4,5)6)20-22-40(34)54/h8-26H,1-6H3. The molecule has 4 nitrogen and oxygen atoms in total. The third kappa shape index (κ3) is 5.43. The first-order valence-electron chi connectivity index (χ1n) is 17.9. The van der Waals surface area contributed by atoms with E-state index < -0.39 is 11.7 Å². The van der Waals surface area contributed by atoms with Gasteiger partial charge in [0.1, 0.15) is 0 Å². The zero-order chi connectivity index (χ0) is 38.3. The molecule has 6 aromatic carbocycles. The van der Waals surface area contributed by atoms with Crippen LogP contribution in [-0.4, -0.2) is 9.13 Å². The van der Waals surface area contributed by atoms with Gasteiger partial charge in [0.05, 0.1) is 57.2 Å². The fraction of sp³-hybridized carbons (Fsp3) is 0.191. The second kappa shape index (κ2) is 12.1. The third-order valence-corrected chi connectivity index (χ3v) is 10.5. The lowest BCUT2D eigenvalue weighted by molar-refractivity contribution is -0.137. The molecule has 0 unspecified atom stereocenters. The van der Waals surface area contributed by atoms with Crippen LogP contribution in [0.25, 0.3) is 71.0 Å². The maximum absolute atomic E-state index is 15.3. The number of nitrogens with zero attached hydrogens (tertiary/aromatic N) is 4. The fourth-order valence-corrected chi connectivity index (χ4v) is 7.82. The molecule has 0 bridgehead atoms. The lowest BCUT2D eigenvalue weighted by Crippen LogP contribution is -2.12. The van der Waals surface area contributed by atoms with Crippen LogP contribution in [0.3, 0.4) is 0 Å². The molecule has 0 spiro atoms. The Labute approximate surface area is 312 Å². The molecule has 0 saturated carbocycles. The van der Waals surface area contributed by atoms with Gasteiger partial charge in [-0.3, -0.25) is 0 Å². The van der Waals surface area contributed by atoms with E-state index in [-0.39, 0.29) is 33.2 Å². The summed E-state index contributed by atoms with van der Waals surface area (Å²) in [6.45, 7) is 21.0. The van der Waals surface area contributed by atoms with Gasteiger partial charge in [-0.2, -0.15) is 18.4 Å². The molecule has 0 aliphatic carbocycles. The van der Waals surface area contributed by atoms with Crippen LogP contribution in [0, 0.1) is 17.9 Å². The maximum Gasteiger partial charge on any atom is 0.415 e. The molecule has 0 aliphatic rings. The van der Waals surface area contributed by atoms with Gasteiger partial charge in [0.15, 0.2) is 5.69 Å². The third-order valence-electron chi connectivity index (χ3n) is 10.5. The Balaban J connectivity index is 1.63. The predicted molar refractivity (Wildman–Crippen MR) is 214 cm³/mol. The number of nitriles is 1. The fourth-order valence-electron chi connectivity index (χ4n) is 7.82. The average molecular weight is 715 g/mol. The summed E-state index contributed by atoms with van der Waals surface area (Å²) in [6.07, 6.45) is -4.79. The van der Waals surface area contributed by atoms with Crippen LogP contribution >= 0.6 is 0 Å². The Kier molecular flexibility index (Phi) is 7.80. The number of benzene rings is 6. The quantitative estimate of drug-likeness (QED) is 0.168. The first-order chi connectivity index (χ1) is 25.6. The van der Waals surface area contributed by atoms with Gasteiger partial charge >= 0.3 is 6.18 Å². The number of rotatable bonds is 3. The number of para-hydroxylation sites is 2. The molecule has 266 valence electrons. The monoisotopic (exact) mass is 714 g/mol. The summed E-state index contributed by atoms with van der Waals surface area (Å²) in [6, 6.07) is 37.5. The molecule has 0 atom stereocenters. The highest BCUT2D eigenvalue weighted by atomic mass is 19.4. The summed E-state index contributed by atoms with van der Waals surface area (Å²) in [5.41, 5.74) is 4.94. The molecule has 7 heteroatoms. The van der Waals surface area contributed by atoms with Crippen molar-refractivity contribution in [3.63, 3.8) is 0 Å². The highest BCUT2D eigenvalue weighted by Gasteiger charge is 2.37. The zero-order valence-corrected chi connectivity index (χ0v) is 30.9. The summed E-state index contributed by atoms with van der Waals surface area (Å²) >= 11 is 0. The molecule has 0 aliphatic heterocycles. The highest BCUT2D eigenvalue weighted by Crippen LogP contribution is 2.50. The van der Waals surface area contributed by atoms with Crippen LogP contribution in [0.4, 0.5) is 18.9 Å². The minimum atomic E-state index is -4.79. The van der Waals surface area contributed by atoms with Crippen molar-refractivity contribution in [3.8, 4) is 28.6 Å². The maximum atomic E-state index is 15.3. The molecular weight excluding hydrogens is 678 g/mol. The van der Waals surface area contributed by atoms with E-state index in [1.54, 1.807) is 12.1 Å². The summed E-state index contributed by atoms with van der Waals surface area (Å²) in [5, 5.41) is 14.4. The van der Waals surface area contributed by atoms with E-state index in [0.717, 1.165) is 60.8 Å². The van der Waals surface area contributed by atoms with E-state index in [4.69, 9.17) is 6.57 Å².